The number of ether oxygens (including phenoxy) is 1. The number of rotatable bonds is 5. The van der Waals surface area contributed by atoms with Gasteiger partial charge in [-0.1, -0.05) is 37.3 Å². The molecule has 1 N–H and O–H groups in total. The van der Waals surface area contributed by atoms with Crippen molar-refractivity contribution in [1.82, 2.24) is 0 Å². The molecule has 3 heteroatoms. The summed E-state index contributed by atoms with van der Waals surface area (Å²) in [4.78, 5) is 10.9. The lowest BCUT2D eigenvalue weighted by atomic mass is 10.1. The Bertz CT molecular complexity index is 407. The summed E-state index contributed by atoms with van der Waals surface area (Å²) in [5.41, 5.74) is 1.31. The highest BCUT2D eigenvalue weighted by atomic mass is 16.5. The van der Waals surface area contributed by atoms with E-state index in [1.165, 1.54) is 0 Å². The van der Waals surface area contributed by atoms with Crippen molar-refractivity contribution in [1.29, 1.82) is 0 Å². The van der Waals surface area contributed by atoms with Crippen LogP contribution in [0.5, 0.6) is 0 Å². The van der Waals surface area contributed by atoms with Gasteiger partial charge in [0.2, 0.25) is 0 Å². The molecule has 17 heavy (non-hydrogen) atoms. The molecule has 0 saturated heterocycles. The second kappa shape index (κ2) is 6.09. The largest absolute Gasteiger partial charge is 0.490 e. The summed E-state index contributed by atoms with van der Waals surface area (Å²) in [5.74, 6) is -0.393. The molecule has 0 aromatic heterocycles. The van der Waals surface area contributed by atoms with Gasteiger partial charge < -0.3 is 9.84 Å². The molecule has 0 aliphatic heterocycles. The molecule has 0 fully saturated rings. The van der Waals surface area contributed by atoms with Crippen molar-refractivity contribution in [2.45, 2.75) is 33.3 Å². The quantitative estimate of drug-likeness (QED) is 0.626. The van der Waals surface area contributed by atoms with Crippen LogP contribution in [0.15, 0.2) is 41.7 Å². The number of hydrogen-bond acceptors (Lipinski definition) is 2. The fourth-order valence-corrected chi connectivity index (χ4v) is 1.56. The molecule has 0 aliphatic rings. The number of carbonyl (C=O) groups is 1. The van der Waals surface area contributed by atoms with Crippen LogP contribution in [0.2, 0.25) is 0 Å². The molecular formula is C14H18O3. The van der Waals surface area contributed by atoms with Crippen molar-refractivity contribution in [2.24, 2.45) is 0 Å². The minimum Gasteiger partial charge on any atom is -0.490 e. The van der Waals surface area contributed by atoms with E-state index in [4.69, 9.17) is 9.84 Å². The van der Waals surface area contributed by atoms with Crippen LogP contribution in [0.1, 0.15) is 38.9 Å². The van der Waals surface area contributed by atoms with Crippen molar-refractivity contribution in [3.05, 3.63) is 47.2 Å². The Morgan fingerprint density at radius 2 is 1.94 bits per heavy atom. The van der Waals surface area contributed by atoms with Gasteiger partial charge in [0.1, 0.15) is 11.9 Å². The van der Waals surface area contributed by atoms with Crippen molar-refractivity contribution >= 4 is 5.97 Å². The van der Waals surface area contributed by atoms with Crippen LogP contribution in [0.25, 0.3) is 0 Å². The van der Waals surface area contributed by atoms with Crippen LogP contribution >= 0.6 is 0 Å². The van der Waals surface area contributed by atoms with Crippen molar-refractivity contribution < 1.29 is 14.6 Å². The first-order valence-electron chi connectivity index (χ1n) is 5.70. The molecule has 0 amide bonds. The molecule has 3 nitrogen and oxygen atoms in total. The lowest BCUT2D eigenvalue weighted by molar-refractivity contribution is -0.132. The highest BCUT2D eigenvalue weighted by molar-refractivity contribution is 5.86. The molecule has 0 aliphatic carbocycles. The summed E-state index contributed by atoms with van der Waals surface area (Å²) in [5, 5.41) is 8.93. The second-order valence-corrected chi connectivity index (χ2v) is 3.88. The molecule has 1 aromatic rings. The Hall–Kier alpha value is -1.77. The number of carboxylic acid groups (broad SMARTS) is 1. The van der Waals surface area contributed by atoms with E-state index in [1.807, 2.05) is 44.2 Å². The van der Waals surface area contributed by atoms with E-state index in [1.54, 1.807) is 6.92 Å². The fourth-order valence-electron chi connectivity index (χ4n) is 1.56. The highest BCUT2D eigenvalue weighted by Crippen LogP contribution is 2.23. The first kappa shape index (κ1) is 13.3. The molecule has 1 unspecified atom stereocenters. The average Bonchev–Trinajstić information content (AvgIpc) is 2.35. The van der Waals surface area contributed by atoms with E-state index in [2.05, 4.69) is 0 Å². The van der Waals surface area contributed by atoms with E-state index in [0.717, 1.165) is 5.56 Å². The Morgan fingerprint density at radius 1 is 1.35 bits per heavy atom. The average molecular weight is 234 g/mol. The van der Waals surface area contributed by atoms with E-state index >= 15 is 0 Å². The summed E-state index contributed by atoms with van der Waals surface area (Å²) in [6.07, 6.45) is 0.440. The molecule has 1 rings (SSSR count). The van der Waals surface area contributed by atoms with Gasteiger partial charge in [-0.15, -0.1) is 0 Å². The first-order valence-corrected chi connectivity index (χ1v) is 5.70. The number of benzene rings is 1. The zero-order chi connectivity index (χ0) is 12.8. The zero-order valence-electron chi connectivity index (χ0n) is 10.4. The number of aliphatic carboxylic acids is 1. The van der Waals surface area contributed by atoms with Crippen LogP contribution in [0.3, 0.4) is 0 Å². The third kappa shape index (κ3) is 3.63. The number of carboxylic acids is 1. The minimum atomic E-state index is -0.929. The van der Waals surface area contributed by atoms with Gasteiger partial charge >= 0.3 is 5.97 Å². The Morgan fingerprint density at radius 3 is 2.41 bits per heavy atom. The van der Waals surface area contributed by atoms with Gasteiger partial charge in [-0.25, -0.2) is 4.79 Å². The van der Waals surface area contributed by atoms with Crippen molar-refractivity contribution in [2.75, 3.05) is 0 Å². The van der Waals surface area contributed by atoms with Crippen LogP contribution in [0, 0.1) is 0 Å². The van der Waals surface area contributed by atoms with Crippen molar-refractivity contribution in [3.8, 4) is 0 Å². The standard InChI is InChI=1S/C14H18O3/c1-4-13(10(2)14(15)16)17-11(3)12-8-6-5-7-9-12/h5-9,11H,4H2,1-3H3,(H,15,16)/b13-10+. The fraction of sp³-hybridized carbons (Fsp3) is 0.357. The predicted octanol–water partition coefficient (Wildman–Crippen LogP) is 3.53. The second-order valence-electron chi connectivity index (χ2n) is 3.88. The van der Waals surface area contributed by atoms with E-state index < -0.39 is 5.97 Å². The molecule has 1 aromatic carbocycles. The molecule has 0 radical (unpaired) electrons. The van der Waals surface area contributed by atoms with Crippen LogP contribution in [-0.2, 0) is 9.53 Å². The van der Waals surface area contributed by atoms with E-state index in [9.17, 15) is 4.79 Å². The molecule has 0 bridgehead atoms. The number of allylic oxidation sites excluding steroid dienone is 1. The SMILES string of the molecule is CC/C(OC(C)c1ccccc1)=C(/C)C(=O)O. The van der Waals surface area contributed by atoms with Gasteiger partial charge in [0.25, 0.3) is 0 Å². The maximum atomic E-state index is 10.9. The first-order chi connectivity index (χ1) is 8.06. The lowest BCUT2D eigenvalue weighted by Crippen LogP contribution is -2.06. The number of hydrogen-bond donors (Lipinski definition) is 1. The zero-order valence-corrected chi connectivity index (χ0v) is 10.4. The maximum absolute atomic E-state index is 10.9. The van der Waals surface area contributed by atoms with E-state index in [-0.39, 0.29) is 11.7 Å². The van der Waals surface area contributed by atoms with Gasteiger partial charge in [-0.05, 0) is 19.4 Å². The van der Waals surface area contributed by atoms with Crippen LogP contribution in [0.4, 0.5) is 0 Å². The summed E-state index contributed by atoms with van der Waals surface area (Å²) in [6.45, 7) is 5.37. The Labute approximate surface area is 102 Å². The Kier molecular flexibility index (Phi) is 4.76. The molecular weight excluding hydrogens is 216 g/mol. The van der Waals surface area contributed by atoms with Crippen LogP contribution < -0.4 is 0 Å². The molecule has 0 heterocycles. The maximum Gasteiger partial charge on any atom is 0.334 e. The Balaban J connectivity index is 2.83. The third-order valence-corrected chi connectivity index (χ3v) is 2.65. The molecule has 0 saturated carbocycles. The topological polar surface area (TPSA) is 46.5 Å². The monoisotopic (exact) mass is 234 g/mol. The van der Waals surface area contributed by atoms with Gasteiger partial charge in [0, 0.05) is 6.42 Å². The predicted molar refractivity (Wildman–Crippen MR) is 66.6 cm³/mol. The van der Waals surface area contributed by atoms with Crippen LogP contribution in [-0.4, -0.2) is 11.1 Å². The molecule has 1 atom stereocenters. The minimum absolute atomic E-state index is 0.138. The van der Waals surface area contributed by atoms with Crippen molar-refractivity contribution in [3.63, 3.8) is 0 Å². The summed E-state index contributed by atoms with van der Waals surface area (Å²) < 4.78 is 5.71. The van der Waals surface area contributed by atoms with E-state index in [0.29, 0.717) is 12.2 Å². The normalized spacial score (nSPS) is 13.8. The molecule has 0 spiro atoms. The smallest absolute Gasteiger partial charge is 0.334 e. The van der Waals surface area contributed by atoms with Gasteiger partial charge in [-0.3, -0.25) is 0 Å². The lowest BCUT2D eigenvalue weighted by Gasteiger charge is -2.18. The summed E-state index contributed by atoms with van der Waals surface area (Å²) in [6, 6.07) is 9.75. The summed E-state index contributed by atoms with van der Waals surface area (Å²) in [7, 11) is 0. The molecule has 92 valence electrons. The third-order valence-electron chi connectivity index (χ3n) is 2.65. The van der Waals surface area contributed by atoms with Gasteiger partial charge in [0.15, 0.2) is 0 Å². The van der Waals surface area contributed by atoms with Gasteiger partial charge in [0.05, 0.1) is 5.57 Å². The highest BCUT2D eigenvalue weighted by Gasteiger charge is 2.13. The van der Waals surface area contributed by atoms with Gasteiger partial charge in [-0.2, -0.15) is 0 Å². The summed E-state index contributed by atoms with van der Waals surface area (Å²) >= 11 is 0.